The van der Waals surface area contributed by atoms with E-state index in [0.717, 1.165) is 0 Å². The minimum absolute atomic E-state index is 0.0367. The molecule has 4 heteroatoms. The van der Waals surface area contributed by atoms with Crippen LogP contribution in [0.5, 0.6) is 0 Å². The van der Waals surface area contributed by atoms with E-state index in [-0.39, 0.29) is 18.6 Å². The van der Waals surface area contributed by atoms with Crippen molar-refractivity contribution in [2.45, 2.75) is 26.5 Å². The van der Waals surface area contributed by atoms with E-state index in [9.17, 15) is 4.79 Å². The molecule has 0 spiro atoms. The van der Waals surface area contributed by atoms with Crippen LogP contribution in [0.4, 0.5) is 0 Å². The molecule has 84 valence electrons. The average Bonchev–Trinajstić information content (AvgIpc) is 2.27. The number of nitrogens with one attached hydrogen (secondary N) is 1. The monoisotopic (exact) mass is 218 g/mol. The molecule has 0 fully saturated rings. The molecule has 2 N–H and O–H groups in total. The Labute approximate surface area is 94.5 Å². The number of carbonyl (C=O) groups excluding carboxylic acids is 1. The molecule has 0 aliphatic carbocycles. The van der Waals surface area contributed by atoms with Crippen LogP contribution in [-0.4, -0.2) is 17.1 Å². The fourth-order valence-corrected chi connectivity index (χ4v) is 1.36. The summed E-state index contributed by atoms with van der Waals surface area (Å²) in [7, 11) is 0. The quantitative estimate of drug-likeness (QED) is 0.800. The van der Waals surface area contributed by atoms with Crippen molar-refractivity contribution in [1.29, 1.82) is 5.26 Å². The van der Waals surface area contributed by atoms with Gasteiger partial charge in [-0.15, -0.1) is 0 Å². The van der Waals surface area contributed by atoms with E-state index in [4.69, 9.17) is 10.4 Å². The second-order valence-corrected chi connectivity index (χ2v) is 3.77. The Morgan fingerprint density at radius 1 is 1.56 bits per heavy atom. The first-order valence-corrected chi connectivity index (χ1v) is 5.03. The summed E-state index contributed by atoms with van der Waals surface area (Å²) in [5.74, 6) is -0.233. The van der Waals surface area contributed by atoms with E-state index in [2.05, 4.69) is 5.32 Å². The predicted octanol–water partition coefficient (Wildman–Crippen LogP) is 1.19. The summed E-state index contributed by atoms with van der Waals surface area (Å²) in [5, 5.41) is 20.6. The van der Waals surface area contributed by atoms with Crippen LogP contribution in [0.15, 0.2) is 18.2 Å². The van der Waals surface area contributed by atoms with E-state index in [1.54, 1.807) is 12.1 Å². The fourth-order valence-electron chi connectivity index (χ4n) is 1.36. The molecule has 0 aliphatic rings. The van der Waals surface area contributed by atoms with Crippen molar-refractivity contribution in [3.8, 4) is 6.07 Å². The SMILES string of the molecule is CC(C)NC(=O)c1ccc(C#N)cc1CO. The zero-order chi connectivity index (χ0) is 12.1. The molecule has 16 heavy (non-hydrogen) atoms. The zero-order valence-electron chi connectivity index (χ0n) is 9.32. The van der Waals surface area contributed by atoms with Crippen LogP contribution in [-0.2, 0) is 6.61 Å². The zero-order valence-corrected chi connectivity index (χ0v) is 9.32. The topological polar surface area (TPSA) is 73.1 Å². The van der Waals surface area contributed by atoms with Gasteiger partial charge in [0.25, 0.3) is 5.91 Å². The number of rotatable bonds is 3. The Morgan fingerprint density at radius 2 is 2.25 bits per heavy atom. The normalized spacial score (nSPS) is 9.94. The Balaban J connectivity index is 3.05. The van der Waals surface area contributed by atoms with Gasteiger partial charge in [-0.05, 0) is 37.6 Å². The van der Waals surface area contributed by atoms with Crippen LogP contribution in [0.2, 0.25) is 0 Å². The maximum atomic E-state index is 11.7. The molecule has 4 nitrogen and oxygen atoms in total. The van der Waals surface area contributed by atoms with Crippen LogP contribution < -0.4 is 5.32 Å². The molecule has 0 atom stereocenters. The Kier molecular flexibility index (Phi) is 4.03. The molecule has 0 bridgehead atoms. The van der Waals surface area contributed by atoms with E-state index < -0.39 is 0 Å². The minimum atomic E-state index is -0.254. The summed E-state index contributed by atoms with van der Waals surface area (Å²) in [4.78, 5) is 11.7. The van der Waals surface area contributed by atoms with Crippen LogP contribution in [0, 0.1) is 11.3 Å². The molecule has 0 unspecified atom stereocenters. The van der Waals surface area contributed by atoms with Crippen LogP contribution in [0.3, 0.4) is 0 Å². The number of hydrogen-bond acceptors (Lipinski definition) is 3. The summed E-state index contributed by atoms with van der Waals surface area (Å²) in [6.45, 7) is 3.47. The number of amides is 1. The summed E-state index contributed by atoms with van der Waals surface area (Å²) in [5.41, 5.74) is 1.32. The Bertz CT molecular complexity index is 433. The molecule has 0 aromatic heterocycles. The number of aliphatic hydroxyl groups is 1. The van der Waals surface area contributed by atoms with Crippen LogP contribution in [0.25, 0.3) is 0 Å². The third kappa shape index (κ3) is 2.81. The van der Waals surface area contributed by atoms with E-state index in [0.29, 0.717) is 16.7 Å². The molecule has 1 aromatic rings. The number of hydrogen-bond donors (Lipinski definition) is 2. The first kappa shape index (κ1) is 12.2. The highest BCUT2D eigenvalue weighted by Crippen LogP contribution is 2.12. The van der Waals surface area contributed by atoms with Crippen LogP contribution >= 0.6 is 0 Å². The lowest BCUT2D eigenvalue weighted by Gasteiger charge is -2.11. The van der Waals surface area contributed by atoms with Gasteiger partial charge in [-0.25, -0.2) is 0 Å². The molecular formula is C12H14N2O2. The summed E-state index contributed by atoms with van der Waals surface area (Å²) in [6.07, 6.45) is 0. The fraction of sp³-hybridized carbons (Fsp3) is 0.333. The Hall–Kier alpha value is -1.86. The first-order chi connectivity index (χ1) is 7.58. The van der Waals surface area contributed by atoms with Gasteiger partial charge in [0.05, 0.1) is 18.2 Å². The molecule has 0 heterocycles. The summed E-state index contributed by atoms with van der Waals surface area (Å²) >= 11 is 0. The average molecular weight is 218 g/mol. The van der Waals surface area contributed by atoms with E-state index in [1.807, 2.05) is 19.9 Å². The molecule has 0 saturated carbocycles. The highest BCUT2D eigenvalue weighted by Gasteiger charge is 2.12. The van der Waals surface area contributed by atoms with Gasteiger partial charge in [0.1, 0.15) is 0 Å². The number of nitrogens with zero attached hydrogens (tertiary/aromatic N) is 1. The molecule has 1 aromatic carbocycles. The lowest BCUT2D eigenvalue weighted by atomic mass is 10.0. The molecular weight excluding hydrogens is 204 g/mol. The van der Waals surface area contributed by atoms with Gasteiger partial charge < -0.3 is 10.4 Å². The third-order valence-corrected chi connectivity index (χ3v) is 2.07. The standard InChI is InChI=1S/C12H14N2O2/c1-8(2)14-12(16)11-4-3-9(6-13)5-10(11)7-15/h3-5,8,15H,7H2,1-2H3,(H,14,16). The lowest BCUT2D eigenvalue weighted by Crippen LogP contribution is -2.30. The molecule has 0 saturated heterocycles. The number of benzene rings is 1. The molecule has 0 radical (unpaired) electrons. The van der Waals surface area contributed by atoms with Crippen molar-refractivity contribution in [2.24, 2.45) is 0 Å². The lowest BCUT2D eigenvalue weighted by molar-refractivity contribution is 0.0940. The van der Waals surface area contributed by atoms with E-state index in [1.165, 1.54) is 6.07 Å². The summed E-state index contributed by atoms with van der Waals surface area (Å²) < 4.78 is 0. The maximum Gasteiger partial charge on any atom is 0.251 e. The van der Waals surface area contributed by atoms with Gasteiger partial charge in [0.2, 0.25) is 0 Å². The highest BCUT2D eigenvalue weighted by atomic mass is 16.3. The maximum absolute atomic E-state index is 11.7. The van der Waals surface area contributed by atoms with E-state index >= 15 is 0 Å². The van der Waals surface area contributed by atoms with Crippen molar-refractivity contribution < 1.29 is 9.90 Å². The molecule has 1 rings (SSSR count). The van der Waals surface area contributed by atoms with Gasteiger partial charge in [0, 0.05) is 11.6 Å². The van der Waals surface area contributed by atoms with Gasteiger partial charge in [-0.3, -0.25) is 4.79 Å². The number of aliphatic hydroxyl groups excluding tert-OH is 1. The van der Waals surface area contributed by atoms with Gasteiger partial charge in [-0.1, -0.05) is 0 Å². The predicted molar refractivity (Wildman–Crippen MR) is 59.7 cm³/mol. The Morgan fingerprint density at radius 3 is 2.75 bits per heavy atom. The second kappa shape index (κ2) is 5.29. The molecule has 1 amide bonds. The minimum Gasteiger partial charge on any atom is -0.392 e. The number of carbonyl (C=O) groups is 1. The van der Waals surface area contributed by atoms with Crippen molar-refractivity contribution in [2.75, 3.05) is 0 Å². The van der Waals surface area contributed by atoms with Crippen molar-refractivity contribution in [3.63, 3.8) is 0 Å². The van der Waals surface area contributed by atoms with Crippen molar-refractivity contribution in [3.05, 3.63) is 34.9 Å². The third-order valence-electron chi connectivity index (χ3n) is 2.07. The van der Waals surface area contributed by atoms with Gasteiger partial charge in [-0.2, -0.15) is 5.26 Å². The van der Waals surface area contributed by atoms with Crippen molar-refractivity contribution >= 4 is 5.91 Å². The number of nitriles is 1. The molecule has 0 aliphatic heterocycles. The van der Waals surface area contributed by atoms with Gasteiger partial charge in [0.15, 0.2) is 0 Å². The summed E-state index contributed by atoms with van der Waals surface area (Å²) in [6, 6.07) is 6.65. The smallest absolute Gasteiger partial charge is 0.251 e. The first-order valence-electron chi connectivity index (χ1n) is 5.03. The highest BCUT2D eigenvalue weighted by molar-refractivity contribution is 5.96. The largest absolute Gasteiger partial charge is 0.392 e. The second-order valence-electron chi connectivity index (χ2n) is 3.77. The van der Waals surface area contributed by atoms with Crippen molar-refractivity contribution in [1.82, 2.24) is 5.32 Å². The van der Waals surface area contributed by atoms with Crippen LogP contribution in [0.1, 0.15) is 35.3 Å². The van der Waals surface area contributed by atoms with Gasteiger partial charge >= 0.3 is 0 Å².